The molecule has 0 spiro atoms. The molecule has 24 heavy (non-hydrogen) atoms. The topological polar surface area (TPSA) is 63.4 Å². The smallest absolute Gasteiger partial charge is 0.150 e. The summed E-state index contributed by atoms with van der Waals surface area (Å²) < 4.78 is 8.07. The maximum absolute atomic E-state index is 10.4. The van der Waals surface area contributed by atoms with Crippen LogP contribution in [0.15, 0.2) is 0 Å². The van der Waals surface area contributed by atoms with Gasteiger partial charge in [-0.1, -0.05) is 6.42 Å². The van der Waals surface area contributed by atoms with E-state index in [0.29, 0.717) is 13.2 Å². The Labute approximate surface area is 145 Å². The van der Waals surface area contributed by atoms with Crippen LogP contribution in [-0.2, 0) is 17.7 Å². The minimum atomic E-state index is -0.462. The van der Waals surface area contributed by atoms with Gasteiger partial charge in [-0.05, 0) is 53.0 Å². The molecule has 6 nitrogen and oxygen atoms in total. The van der Waals surface area contributed by atoms with Gasteiger partial charge in [0.25, 0.3) is 0 Å². The van der Waals surface area contributed by atoms with Crippen LogP contribution in [0.4, 0.5) is 0 Å². The lowest BCUT2D eigenvalue weighted by atomic mass is 10.2. The first-order valence-electron chi connectivity index (χ1n) is 9.42. The van der Waals surface area contributed by atoms with Gasteiger partial charge in [-0.3, -0.25) is 4.90 Å². The van der Waals surface area contributed by atoms with E-state index in [4.69, 9.17) is 4.74 Å². The summed E-state index contributed by atoms with van der Waals surface area (Å²) >= 11 is 0. The van der Waals surface area contributed by atoms with Gasteiger partial charge in [0.2, 0.25) is 0 Å². The average Bonchev–Trinajstić information content (AvgIpc) is 3.05. The van der Waals surface area contributed by atoms with Crippen LogP contribution < -0.4 is 0 Å². The van der Waals surface area contributed by atoms with Crippen LogP contribution in [0.3, 0.4) is 0 Å². The standard InChI is InChI=1S/C18H32N4O2/c1-18(2,3)24-13-14(23)12-21-10-7-8-15(21)17-20-19-16-9-5-4-6-11-22(16)17/h14-15,23H,4-13H2,1-3H3. The maximum Gasteiger partial charge on any atom is 0.150 e. The molecule has 136 valence electrons. The van der Waals surface area contributed by atoms with Crippen LogP contribution in [0.5, 0.6) is 0 Å². The molecule has 6 heteroatoms. The second-order valence-corrected chi connectivity index (χ2v) is 8.17. The highest BCUT2D eigenvalue weighted by Crippen LogP contribution is 2.32. The molecule has 2 aliphatic rings. The van der Waals surface area contributed by atoms with E-state index in [2.05, 4.69) is 19.7 Å². The Balaban J connectivity index is 1.64. The third-order valence-corrected chi connectivity index (χ3v) is 4.95. The summed E-state index contributed by atoms with van der Waals surface area (Å²) in [5, 5.41) is 19.3. The number of fused-ring (bicyclic) bond motifs is 1. The van der Waals surface area contributed by atoms with Crippen molar-refractivity contribution in [2.24, 2.45) is 0 Å². The molecule has 0 amide bonds. The van der Waals surface area contributed by atoms with Crippen molar-refractivity contribution >= 4 is 0 Å². The molecule has 1 saturated heterocycles. The van der Waals surface area contributed by atoms with Gasteiger partial charge in [-0.25, -0.2) is 0 Å². The van der Waals surface area contributed by atoms with Gasteiger partial charge in [-0.2, -0.15) is 0 Å². The zero-order valence-corrected chi connectivity index (χ0v) is 15.4. The van der Waals surface area contributed by atoms with E-state index in [1.54, 1.807) is 0 Å². The van der Waals surface area contributed by atoms with Gasteiger partial charge >= 0.3 is 0 Å². The fourth-order valence-electron chi connectivity index (χ4n) is 3.76. The molecule has 1 fully saturated rings. The normalized spacial score (nSPS) is 23.9. The molecule has 0 radical (unpaired) electrons. The summed E-state index contributed by atoms with van der Waals surface area (Å²) in [6.45, 7) is 9.13. The number of aryl methyl sites for hydroxylation is 1. The largest absolute Gasteiger partial charge is 0.389 e. The first kappa shape index (κ1) is 17.8. The van der Waals surface area contributed by atoms with Crippen LogP contribution in [0.2, 0.25) is 0 Å². The number of likely N-dealkylation sites (tertiary alicyclic amines) is 1. The van der Waals surface area contributed by atoms with E-state index in [0.717, 1.165) is 44.0 Å². The Bertz CT molecular complexity index is 538. The summed E-state index contributed by atoms with van der Waals surface area (Å²) in [7, 11) is 0. The molecule has 1 aromatic rings. The van der Waals surface area contributed by atoms with Crippen LogP contribution in [0, 0.1) is 0 Å². The molecule has 0 aliphatic carbocycles. The van der Waals surface area contributed by atoms with Crippen molar-refractivity contribution in [1.29, 1.82) is 0 Å². The van der Waals surface area contributed by atoms with Gasteiger partial charge < -0.3 is 14.4 Å². The molecular formula is C18H32N4O2. The molecular weight excluding hydrogens is 304 g/mol. The number of aliphatic hydroxyl groups excluding tert-OH is 1. The van der Waals surface area contributed by atoms with Crippen LogP contribution >= 0.6 is 0 Å². The third-order valence-electron chi connectivity index (χ3n) is 4.95. The number of hydrogen-bond donors (Lipinski definition) is 1. The molecule has 1 N–H and O–H groups in total. The SMILES string of the molecule is CC(C)(C)OCC(O)CN1CCCC1c1nnc2n1CCCCC2. The van der Waals surface area contributed by atoms with Crippen molar-refractivity contribution in [3.05, 3.63) is 11.6 Å². The molecule has 2 atom stereocenters. The van der Waals surface area contributed by atoms with E-state index in [1.807, 2.05) is 20.8 Å². The second-order valence-electron chi connectivity index (χ2n) is 8.17. The third kappa shape index (κ3) is 4.35. The minimum Gasteiger partial charge on any atom is -0.389 e. The van der Waals surface area contributed by atoms with Gasteiger partial charge in [0, 0.05) is 19.5 Å². The number of rotatable bonds is 5. The quantitative estimate of drug-likeness (QED) is 0.894. The zero-order chi connectivity index (χ0) is 17.2. The van der Waals surface area contributed by atoms with Crippen molar-refractivity contribution in [3.63, 3.8) is 0 Å². The molecule has 0 saturated carbocycles. The molecule has 1 aromatic heterocycles. The highest BCUT2D eigenvalue weighted by molar-refractivity contribution is 5.05. The zero-order valence-electron chi connectivity index (χ0n) is 15.4. The first-order chi connectivity index (χ1) is 11.4. The van der Waals surface area contributed by atoms with E-state index in [-0.39, 0.29) is 11.6 Å². The summed E-state index contributed by atoms with van der Waals surface area (Å²) in [5.74, 6) is 2.25. The summed E-state index contributed by atoms with van der Waals surface area (Å²) in [5.41, 5.74) is -0.213. The fourth-order valence-corrected chi connectivity index (χ4v) is 3.76. The Morgan fingerprint density at radius 1 is 1.17 bits per heavy atom. The summed E-state index contributed by atoms with van der Waals surface area (Å²) in [4.78, 5) is 2.36. The predicted octanol–water partition coefficient (Wildman–Crippen LogP) is 2.32. The Morgan fingerprint density at radius 2 is 2.00 bits per heavy atom. The summed E-state index contributed by atoms with van der Waals surface area (Å²) in [6, 6.07) is 0.286. The van der Waals surface area contributed by atoms with Gasteiger partial charge in [0.1, 0.15) is 11.6 Å². The molecule has 3 heterocycles. The first-order valence-corrected chi connectivity index (χ1v) is 9.42. The lowest BCUT2D eigenvalue weighted by molar-refractivity contribution is -0.0572. The van der Waals surface area contributed by atoms with E-state index in [9.17, 15) is 5.11 Å². The Morgan fingerprint density at radius 3 is 2.79 bits per heavy atom. The van der Waals surface area contributed by atoms with Gasteiger partial charge in [0.05, 0.1) is 24.4 Å². The highest BCUT2D eigenvalue weighted by atomic mass is 16.5. The number of aromatic nitrogens is 3. The van der Waals surface area contributed by atoms with Crippen LogP contribution in [-0.4, -0.2) is 56.2 Å². The molecule has 2 aliphatic heterocycles. The van der Waals surface area contributed by atoms with Crippen molar-refractivity contribution in [2.45, 2.75) is 83.6 Å². The number of nitrogens with zero attached hydrogens (tertiary/aromatic N) is 4. The van der Waals surface area contributed by atoms with E-state index in [1.165, 1.54) is 19.3 Å². The monoisotopic (exact) mass is 336 g/mol. The molecule has 3 rings (SSSR count). The Hall–Kier alpha value is -0.980. The minimum absolute atomic E-state index is 0.213. The number of aliphatic hydroxyl groups is 1. The lowest BCUT2D eigenvalue weighted by Crippen LogP contribution is -2.37. The second kappa shape index (κ2) is 7.50. The molecule has 0 bridgehead atoms. The summed E-state index contributed by atoms with van der Waals surface area (Å²) in [6.07, 6.45) is 6.55. The molecule has 2 unspecified atom stereocenters. The number of β-amino-alcohol motifs (C(OH)–C–C–N with tert-alkyl or cyclic N) is 1. The van der Waals surface area contributed by atoms with E-state index >= 15 is 0 Å². The van der Waals surface area contributed by atoms with Crippen LogP contribution in [0.25, 0.3) is 0 Å². The van der Waals surface area contributed by atoms with Crippen molar-refractivity contribution in [3.8, 4) is 0 Å². The average molecular weight is 336 g/mol. The lowest BCUT2D eigenvalue weighted by Gasteiger charge is -2.28. The molecule has 0 aromatic carbocycles. The van der Waals surface area contributed by atoms with Crippen molar-refractivity contribution in [2.75, 3.05) is 19.7 Å². The fraction of sp³-hybridized carbons (Fsp3) is 0.889. The van der Waals surface area contributed by atoms with Gasteiger partial charge in [0.15, 0.2) is 0 Å². The van der Waals surface area contributed by atoms with Crippen molar-refractivity contribution in [1.82, 2.24) is 19.7 Å². The maximum atomic E-state index is 10.4. The van der Waals surface area contributed by atoms with Crippen molar-refractivity contribution < 1.29 is 9.84 Å². The predicted molar refractivity (Wildman–Crippen MR) is 92.8 cm³/mol. The van der Waals surface area contributed by atoms with Crippen LogP contribution in [0.1, 0.15) is 70.6 Å². The number of ether oxygens (including phenoxy) is 1. The number of hydrogen-bond acceptors (Lipinski definition) is 5. The Kier molecular flexibility index (Phi) is 5.57. The van der Waals surface area contributed by atoms with Gasteiger partial charge in [-0.15, -0.1) is 10.2 Å². The van der Waals surface area contributed by atoms with E-state index < -0.39 is 6.10 Å². The highest BCUT2D eigenvalue weighted by Gasteiger charge is 2.32.